The van der Waals surface area contributed by atoms with Crippen molar-refractivity contribution in [2.45, 2.75) is 38.3 Å². The van der Waals surface area contributed by atoms with E-state index in [2.05, 4.69) is 15.1 Å². The molecule has 0 bridgehead atoms. The summed E-state index contributed by atoms with van der Waals surface area (Å²) in [6.45, 7) is 6.84. The smallest absolute Gasteiger partial charge is 0.253 e. The maximum Gasteiger partial charge on any atom is 0.253 e. The summed E-state index contributed by atoms with van der Waals surface area (Å²) >= 11 is 7.76. The van der Waals surface area contributed by atoms with Crippen LogP contribution in [0.5, 0.6) is 5.75 Å². The molecule has 4 rings (SSSR count). The second kappa shape index (κ2) is 6.48. The van der Waals surface area contributed by atoms with Crippen LogP contribution in [0.2, 0.25) is 5.02 Å². The van der Waals surface area contributed by atoms with Gasteiger partial charge in [0.15, 0.2) is 6.79 Å². The molecule has 0 amide bonds. The van der Waals surface area contributed by atoms with Gasteiger partial charge in [-0.15, -0.1) is 5.10 Å². The van der Waals surface area contributed by atoms with Crippen molar-refractivity contribution in [2.75, 3.05) is 6.79 Å². The van der Waals surface area contributed by atoms with Crippen LogP contribution in [0.25, 0.3) is 5.78 Å². The minimum Gasteiger partial charge on any atom is -0.467 e. The Labute approximate surface area is 154 Å². The number of rotatable bonds is 3. The van der Waals surface area contributed by atoms with Crippen molar-refractivity contribution in [3.8, 4) is 5.75 Å². The summed E-state index contributed by atoms with van der Waals surface area (Å²) in [5.74, 6) is 2.14. The van der Waals surface area contributed by atoms with Gasteiger partial charge in [0.2, 0.25) is 5.16 Å². The van der Waals surface area contributed by atoms with Crippen molar-refractivity contribution >= 4 is 29.1 Å². The Hall–Kier alpha value is -1.83. The Bertz CT molecular complexity index is 973. The second-order valence-electron chi connectivity index (χ2n) is 5.97. The molecule has 0 aliphatic carbocycles. The highest BCUT2D eigenvalue weighted by atomic mass is 35.5. The number of fused-ring (bicyclic) bond motifs is 2. The van der Waals surface area contributed by atoms with Crippen LogP contribution in [0, 0.1) is 20.8 Å². The minimum absolute atomic E-state index is 0.264. The predicted molar refractivity (Wildman–Crippen MR) is 96.3 cm³/mol. The Morgan fingerprint density at radius 2 is 2.08 bits per heavy atom. The standard InChI is InChI=1S/C17H17ClN4O2S/c1-9-10(2)19-16-20-17(21-22(16)11(9)3)25-7-13-5-14(18)4-12-6-23-8-24-15(12)13/h4-5H,6-8H2,1-3H3. The van der Waals surface area contributed by atoms with Gasteiger partial charge in [0.05, 0.1) is 6.61 Å². The molecule has 6 nitrogen and oxygen atoms in total. The molecule has 0 unspecified atom stereocenters. The van der Waals surface area contributed by atoms with Crippen molar-refractivity contribution in [1.29, 1.82) is 0 Å². The molecular formula is C17H17ClN4O2S. The first-order chi connectivity index (χ1) is 12.0. The van der Waals surface area contributed by atoms with Gasteiger partial charge in [-0.25, -0.2) is 9.50 Å². The summed E-state index contributed by atoms with van der Waals surface area (Å²) in [6.07, 6.45) is 0. The zero-order valence-corrected chi connectivity index (χ0v) is 15.7. The van der Waals surface area contributed by atoms with E-state index in [9.17, 15) is 0 Å². The quantitative estimate of drug-likeness (QED) is 0.647. The molecule has 130 valence electrons. The largest absolute Gasteiger partial charge is 0.467 e. The average molecular weight is 377 g/mol. The number of thioether (sulfide) groups is 1. The van der Waals surface area contributed by atoms with E-state index in [4.69, 9.17) is 21.1 Å². The molecule has 2 aromatic heterocycles. The van der Waals surface area contributed by atoms with Gasteiger partial charge in [0, 0.05) is 33.3 Å². The average Bonchev–Trinajstić information content (AvgIpc) is 3.00. The number of aryl methyl sites for hydroxylation is 2. The fraction of sp³-hybridized carbons (Fsp3) is 0.353. The molecule has 3 heterocycles. The van der Waals surface area contributed by atoms with Gasteiger partial charge in [-0.3, -0.25) is 0 Å². The van der Waals surface area contributed by atoms with Crippen molar-refractivity contribution in [2.24, 2.45) is 0 Å². The minimum atomic E-state index is 0.264. The van der Waals surface area contributed by atoms with Crippen LogP contribution >= 0.6 is 23.4 Å². The molecule has 0 fully saturated rings. The summed E-state index contributed by atoms with van der Waals surface area (Å²) < 4.78 is 12.8. The molecule has 8 heteroatoms. The highest BCUT2D eigenvalue weighted by molar-refractivity contribution is 7.98. The van der Waals surface area contributed by atoms with Gasteiger partial charge >= 0.3 is 0 Å². The summed E-state index contributed by atoms with van der Waals surface area (Å²) in [7, 11) is 0. The fourth-order valence-corrected chi connectivity index (χ4v) is 3.85. The first-order valence-electron chi connectivity index (χ1n) is 7.88. The van der Waals surface area contributed by atoms with Crippen LogP contribution in [-0.2, 0) is 17.1 Å². The van der Waals surface area contributed by atoms with E-state index in [0.29, 0.717) is 28.3 Å². The molecule has 0 atom stereocenters. The SMILES string of the molecule is Cc1nc2nc(SCc3cc(Cl)cc4c3OCOC4)nn2c(C)c1C. The molecule has 3 aromatic rings. The Morgan fingerprint density at radius 1 is 1.24 bits per heavy atom. The lowest BCUT2D eigenvalue weighted by Crippen LogP contribution is -2.12. The first-order valence-corrected chi connectivity index (χ1v) is 9.24. The van der Waals surface area contributed by atoms with Crippen LogP contribution in [0.3, 0.4) is 0 Å². The highest BCUT2D eigenvalue weighted by Gasteiger charge is 2.18. The van der Waals surface area contributed by atoms with E-state index in [1.165, 1.54) is 11.8 Å². The molecule has 25 heavy (non-hydrogen) atoms. The molecule has 0 spiro atoms. The molecular weight excluding hydrogens is 360 g/mol. The number of ether oxygens (including phenoxy) is 2. The first kappa shape index (κ1) is 16.6. The third-order valence-corrected chi connectivity index (χ3v) is 5.45. The van der Waals surface area contributed by atoms with Gasteiger partial charge < -0.3 is 9.47 Å². The number of halogens is 1. The third kappa shape index (κ3) is 3.07. The van der Waals surface area contributed by atoms with Gasteiger partial charge in [-0.05, 0) is 38.5 Å². The third-order valence-electron chi connectivity index (χ3n) is 4.35. The van der Waals surface area contributed by atoms with Crippen LogP contribution in [0.4, 0.5) is 0 Å². The molecule has 1 aliphatic heterocycles. The summed E-state index contributed by atoms with van der Waals surface area (Å²) in [6, 6.07) is 3.80. The summed E-state index contributed by atoms with van der Waals surface area (Å²) in [4.78, 5) is 9.04. The van der Waals surface area contributed by atoms with Gasteiger partial charge in [0.25, 0.3) is 5.78 Å². The molecule has 1 aliphatic rings. The zero-order valence-electron chi connectivity index (χ0n) is 14.2. The lowest BCUT2D eigenvalue weighted by molar-refractivity contribution is -0.0168. The van der Waals surface area contributed by atoms with E-state index in [1.54, 1.807) is 4.52 Å². The van der Waals surface area contributed by atoms with Crippen molar-refractivity contribution < 1.29 is 9.47 Å². The van der Waals surface area contributed by atoms with E-state index in [0.717, 1.165) is 33.8 Å². The maximum absolute atomic E-state index is 6.22. The number of nitrogens with zero attached hydrogens (tertiary/aromatic N) is 4. The zero-order chi connectivity index (χ0) is 17.6. The number of hydrogen-bond donors (Lipinski definition) is 0. The van der Waals surface area contributed by atoms with Crippen molar-refractivity contribution in [3.63, 3.8) is 0 Å². The Kier molecular flexibility index (Phi) is 4.31. The fourth-order valence-electron chi connectivity index (χ4n) is 2.80. The summed E-state index contributed by atoms with van der Waals surface area (Å²) in [5.41, 5.74) is 5.16. The molecule has 0 N–H and O–H groups in total. The lowest BCUT2D eigenvalue weighted by atomic mass is 10.1. The van der Waals surface area contributed by atoms with Crippen LogP contribution < -0.4 is 4.74 Å². The molecule has 1 aromatic carbocycles. The van der Waals surface area contributed by atoms with E-state index < -0.39 is 0 Å². The second-order valence-corrected chi connectivity index (χ2v) is 7.35. The maximum atomic E-state index is 6.22. The normalized spacial score (nSPS) is 13.8. The van der Waals surface area contributed by atoms with Crippen LogP contribution in [0.15, 0.2) is 17.3 Å². The van der Waals surface area contributed by atoms with Crippen LogP contribution in [-0.4, -0.2) is 26.4 Å². The monoisotopic (exact) mass is 376 g/mol. The molecule has 0 radical (unpaired) electrons. The highest BCUT2D eigenvalue weighted by Crippen LogP contribution is 2.35. The van der Waals surface area contributed by atoms with E-state index >= 15 is 0 Å². The molecule has 0 saturated heterocycles. The van der Waals surface area contributed by atoms with Gasteiger partial charge in [0.1, 0.15) is 5.75 Å². The Balaban J connectivity index is 1.63. The summed E-state index contributed by atoms with van der Waals surface area (Å²) in [5, 5.41) is 5.93. The topological polar surface area (TPSA) is 61.5 Å². The molecule has 0 saturated carbocycles. The van der Waals surface area contributed by atoms with Crippen molar-refractivity contribution in [1.82, 2.24) is 19.6 Å². The number of hydrogen-bond acceptors (Lipinski definition) is 6. The van der Waals surface area contributed by atoms with E-state index in [-0.39, 0.29) is 6.79 Å². The predicted octanol–water partition coefficient (Wildman–Crippen LogP) is 3.86. The van der Waals surface area contributed by atoms with Gasteiger partial charge in [-0.2, -0.15) is 4.98 Å². The van der Waals surface area contributed by atoms with Crippen molar-refractivity contribution in [3.05, 3.63) is 45.2 Å². The van der Waals surface area contributed by atoms with Gasteiger partial charge in [-0.1, -0.05) is 23.4 Å². The number of benzene rings is 1. The lowest BCUT2D eigenvalue weighted by Gasteiger charge is -2.20. The van der Waals surface area contributed by atoms with E-state index in [1.807, 2.05) is 32.9 Å². The Morgan fingerprint density at radius 3 is 2.92 bits per heavy atom. The number of aromatic nitrogens is 4. The van der Waals surface area contributed by atoms with Crippen LogP contribution in [0.1, 0.15) is 28.1 Å².